The fourth-order valence-electron chi connectivity index (χ4n) is 2.69. The van der Waals surface area contributed by atoms with Crippen molar-refractivity contribution in [2.24, 2.45) is 11.8 Å². The summed E-state index contributed by atoms with van der Waals surface area (Å²) in [4.78, 5) is 2.37. The predicted molar refractivity (Wildman–Crippen MR) is 77.1 cm³/mol. The van der Waals surface area contributed by atoms with E-state index in [1.54, 1.807) is 0 Å². The highest BCUT2D eigenvalue weighted by Gasteiger charge is 2.26. The Labute approximate surface area is 115 Å². The van der Waals surface area contributed by atoms with E-state index in [1.807, 2.05) is 0 Å². The molecular weight excluding hydrogens is 236 g/mol. The summed E-state index contributed by atoms with van der Waals surface area (Å²) in [6, 6.07) is 4.96. The van der Waals surface area contributed by atoms with E-state index in [1.165, 1.54) is 19.3 Å². The summed E-state index contributed by atoms with van der Waals surface area (Å²) < 4.78 is 0. The first-order chi connectivity index (χ1) is 9.22. The molecule has 1 saturated heterocycles. The van der Waals surface area contributed by atoms with Crippen LogP contribution in [0.2, 0.25) is 0 Å². The second-order valence-electron chi connectivity index (χ2n) is 6.28. The summed E-state index contributed by atoms with van der Waals surface area (Å²) in [5.41, 5.74) is 1.05. The molecule has 0 aromatic carbocycles. The van der Waals surface area contributed by atoms with Gasteiger partial charge in [0.25, 0.3) is 0 Å². The largest absolute Gasteiger partial charge is 0.355 e. The smallest absolute Gasteiger partial charge is 0.151 e. The van der Waals surface area contributed by atoms with Crippen LogP contribution in [0.25, 0.3) is 0 Å². The van der Waals surface area contributed by atoms with Gasteiger partial charge in [0, 0.05) is 25.7 Å². The Balaban J connectivity index is 1.56. The molecule has 1 atom stereocenters. The molecule has 1 N–H and O–H groups in total. The van der Waals surface area contributed by atoms with Crippen LogP contribution in [0.3, 0.4) is 0 Å². The molecule has 0 spiro atoms. The number of nitrogens with zero attached hydrogens (tertiary/aromatic N) is 3. The highest BCUT2D eigenvalue weighted by Crippen LogP contribution is 2.26. The average Bonchev–Trinajstić information content (AvgIpc) is 3.11. The quantitative estimate of drug-likeness (QED) is 0.881. The van der Waals surface area contributed by atoms with Gasteiger partial charge in [-0.1, -0.05) is 13.8 Å². The number of hydrogen-bond acceptors (Lipinski definition) is 4. The normalized spacial score (nSPS) is 23.3. The van der Waals surface area contributed by atoms with E-state index in [0.29, 0.717) is 0 Å². The Hall–Kier alpha value is -1.16. The lowest BCUT2D eigenvalue weighted by Gasteiger charge is -2.18. The van der Waals surface area contributed by atoms with Crippen LogP contribution in [0.5, 0.6) is 0 Å². The lowest BCUT2D eigenvalue weighted by atomic mass is 9.95. The van der Waals surface area contributed by atoms with Gasteiger partial charge in [0.05, 0.1) is 5.69 Å². The second-order valence-corrected chi connectivity index (χ2v) is 6.28. The number of rotatable bonds is 5. The van der Waals surface area contributed by atoms with Crippen molar-refractivity contribution in [3.63, 3.8) is 0 Å². The summed E-state index contributed by atoms with van der Waals surface area (Å²) in [5.74, 6) is 2.61. The molecule has 0 amide bonds. The fraction of sp³-hybridized carbons (Fsp3) is 0.733. The number of nitrogens with one attached hydrogen (secondary N) is 1. The van der Waals surface area contributed by atoms with Gasteiger partial charge >= 0.3 is 0 Å². The lowest BCUT2D eigenvalue weighted by molar-refractivity contribution is 0.422. The van der Waals surface area contributed by atoms with Crippen molar-refractivity contribution >= 4 is 5.82 Å². The van der Waals surface area contributed by atoms with Crippen LogP contribution in [0.1, 0.15) is 38.8 Å². The Morgan fingerprint density at radius 2 is 2.11 bits per heavy atom. The molecule has 2 heterocycles. The van der Waals surface area contributed by atoms with E-state index in [-0.39, 0.29) is 0 Å². The maximum atomic E-state index is 4.39. The molecule has 4 nitrogen and oxygen atoms in total. The Kier molecular flexibility index (Phi) is 3.69. The molecule has 1 aromatic rings. The number of aromatic nitrogens is 2. The molecule has 1 aliphatic carbocycles. The SMILES string of the molecule is CC(C)C1CCN(c2ccc(CNC3CC3)nn2)C1. The van der Waals surface area contributed by atoms with Gasteiger partial charge in [0.15, 0.2) is 5.82 Å². The minimum Gasteiger partial charge on any atom is -0.355 e. The van der Waals surface area contributed by atoms with Crippen molar-refractivity contribution in [2.45, 2.75) is 45.7 Å². The third kappa shape index (κ3) is 3.24. The Morgan fingerprint density at radius 1 is 1.26 bits per heavy atom. The molecule has 0 bridgehead atoms. The minimum absolute atomic E-state index is 0.729. The Morgan fingerprint density at radius 3 is 2.68 bits per heavy atom. The summed E-state index contributed by atoms with van der Waals surface area (Å²) in [6.07, 6.45) is 3.91. The third-order valence-corrected chi connectivity index (χ3v) is 4.35. The van der Waals surface area contributed by atoms with Crippen molar-refractivity contribution in [1.82, 2.24) is 15.5 Å². The summed E-state index contributed by atoms with van der Waals surface area (Å²) in [6.45, 7) is 7.73. The van der Waals surface area contributed by atoms with E-state index in [0.717, 1.165) is 49.0 Å². The van der Waals surface area contributed by atoms with Crippen molar-refractivity contribution < 1.29 is 0 Å². The first-order valence-corrected chi connectivity index (χ1v) is 7.53. The first kappa shape index (κ1) is 12.9. The second kappa shape index (κ2) is 5.45. The molecule has 104 valence electrons. The van der Waals surface area contributed by atoms with Crippen LogP contribution >= 0.6 is 0 Å². The van der Waals surface area contributed by atoms with Crippen LogP contribution in [-0.4, -0.2) is 29.3 Å². The van der Waals surface area contributed by atoms with E-state index in [4.69, 9.17) is 0 Å². The zero-order valence-corrected chi connectivity index (χ0v) is 12.0. The summed E-state index contributed by atoms with van der Waals surface area (Å²) in [7, 11) is 0. The maximum Gasteiger partial charge on any atom is 0.151 e. The molecule has 3 rings (SSSR count). The lowest BCUT2D eigenvalue weighted by Crippen LogP contribution is -2.23. The van der Waals surface area contributed by atoms with Gasteiger partial charge in [-0.05, 0) is 43.2 Å². The van der Waals surface area contributed by atoms with Gasteiger partial charge in [-0.15, -0.1) is 5.10 Å². The monoisotopic (exact) mass is 260 g/mol. The van der Waals surface area contributed by atoms with Crippen LogP contribution < -0.4 is 10.2 Å². The molecule has 2 aliphatic rings. The topological polar surface area (TPSA) is 41.0 Å². The fourth-order valence-corrected chi connectivity index (χ4v) is 2.69. The van der Waals surface area contributed by atoms with Crippen molar-refractivity contribution in [2.75, 3.05) is 18.0 Å². The van der Waals surface area contributed by atoms with Crippen LogP contribution in [0.4, 0.5) is 5.82 Å². The van der Waals surface area contributed by atoms with E-state index in [9.17, 15) is 0 Å². The van der Waals surface area contributed by atoms with Crippen molar-refractivity contribution in [3.05, 3.63) is 17.8 Å². The number of hydrogen-bond donors (Lipinski definition) is 1. The highest BCUT2D eigenvalue weighted by atomic mass is 15.3. The van der Waals surface area contributed by atoms with E-state index < -0.39 is 0 Å². The van der Waals surface area contributed by atoms with Gasteiger partial charge < -0.3 is 10.2 Å². The van der Waals surface area contributed by atoms with Gasteiger partial charge in [0.1, 0.15) is 0 Å². The van der Waals surface area contributed by atoms with E-state index >= 15 is 0 Å². The van der Waals surface area contributed by atoms with Gasteiger partial charge in [-0.25, -0.2) is 0 Å². The van der Waals surface area contributed by atoms with E-state index in [2.05, 4.69) is 46.4 Å². The molecule has 4 heteroatoms. The molecule has 1 unspecified atom stereocenters. The van der Waals surface area contributed by atoms with Crippen LogP contribution in [0.15, 0.2) is 12.1 Å². The summed E-state index contributed by atoms with van der Waals surface area (Å²) in [5, 5.41) is 12.2. The zero-order chi connectivity index (χ0) is 13.2. The minimum atomic E-state index is 0.729. The highest BCUT2D eigenvalue weighted by molar-refractivity contribution is 5.38. The average molecular weight is 260 g/mol. The van der Waals surface area contributed by atoms with Gasteiger partial charge in [0.2, 0.25) is 0 Å². The number of anilines is 1. The molecule has 1 saturated carbocycles. The zero-order valence-electron chi connectivity index (χ0n) is 12.0. The third-order valence-electron chi connectivity index (χ3n) is 4.35. The van der Waals surface area contributed by atoms with Gasteiger partial charge in [-0.3, -0.25) is 0 Å². The van der Waals surface area contributed by atoms with Crippen molar-refractivity contribution in [1.29, 1.82) is 0 Å². The molecule has 0 radical (unpaired) electrons. The molecule has 19 heavy (non-hydrogen) atoms. The van der Waals surface area contributed by atoms with Crippen LogP contribution in [-0.2, 0) is 6.54 Å². The summed E-state index contributed by atoms with van der Waals surface area (Å²) >= 11 is 0. The predicted octanol–water partition coefficient (Wildman–Crippen LogP) is 2.21. The maximum absolute atomic E-state index is 4.39. The molecule has 1 aliphatic heterocycles. The molecular formula is C15H24N4. The van der Waals surface area contributed by atoms with Gasteiger partial charge in [-0.2, -0.15) is 5.10 Å². The van der Waals surface area contributed by atoms with Crippen LogP contribution in [0, 0.1) is 11.8 Å². The molecule has 1 aromatic heterocycles. The Bertz CT molecular complexity index is 411. The van der Waals surface area contributed by atoms with Crippen molar-refractivity contribution in [3.8, 4) is 0 Å². The first-order valence-electron chi connectivity index (χ1n) is 7.53. The standard InChI is InChI=1S/C15H24N4/c1-11(2)12-7-8-19(10-12)15-6-5-14(17-18-15)9-16-13-3-4-13/h5-6,11-13,16H,3-4,7-10H2,1-2H3. The molecule has 2 fully saturated rings.